The summed E-state index contributed by atoms with van der Waals surface area (Å²) in [6, 6.07) is 0. The van der Waals surface area contributed by atoms with Gasteiger partial charge in [-0.25, -0.2) is 9.37 Å². The second-order valence-corrected chi connectivity index (χ2v) is 3.60. The van der Waals surface area contributed by atoms with Gasteiger partial charge in [0.05, 0.1) is 18.4 Å². The second kappa shape index (κ2) is 10.00. The Morgan fingerprint density at radius 1 is 1.53 bits per heavy atom. The molecule has 0 saturated carbocycles. The van der Waals surface area contributed by atoms with Gasteiger partial charge in [0.15, 0.2) is 6.29 Å². The third-order valence-corrected chi connectivity index (χ3v) is 2.15. The molecule has 0 aromatic carbocycles. The SMILES string of the molecule is C=CC/C=C(\C=C(/C)F)Cn1cncc1C=O.CC. The molecule has 0 spiro atoms. The summed E-state index contributed by atoms with van der Waals surface area (Å²) in [6.07, 6.45) is 9.45. The molecule has 1 aromatic rings. The summed E-state index contributed by atoms with van der Waals surface area (Å²) in [5, 5.41) is 0. The van der Waals surface area contributed by atoms with Gasteiger partial charge in [-0.1, -0.05) is 26.0 Å². The molecular formula is C15H21FN2O. The van der Waals surface area contributed by atoms with E-state index in [0.29, 0.717) is 18.7 Å². The van der Waals surface area contributed by atoms with Gasteiger partial charge in [0.1, 0.15) is 5.69 Å². The molecule has 1 rings (SSSR count). The first kappa shape index (κ1) is 17.0. The second-order valence-electron chi connectivity index (χ2n) is 3.60. The van der Waals surface area contributed by atoms with E-state index in [1.165, 1.54) is 19.2 Å². The third-order valence-electron chi connectivity index (χ3n) is 2.15. The molecule has 1 aromatic heterocycles. The van der Waals surface area contributed by atoms with Crippen LogP contribution in [0.25, 0.3) is 0 Å². The van der Waals surface area contributed by atoms with Gasteiger partial charge >= 0.3 is 0 Å². The largest absolute Gasteiger partial charge is 0.324 e. The Morgan fingerprint density at radius 3 is 2.74 bits per heavy atom. The zero-order valence-corrected chi connectivity index (χ0v) is 11.8. The van der Waals surface area contributed by atoms with Crippen molar-refractivity contribution in [2.24, 2.45) is 0 Å². The molecule has 0 unspecified atom stereocenters. The van der Waals surface area contributed by atoms with Gasteiger partial charge in [0, 0.05) is 6.54 Å². The van der Waals surface area contributed by atoms with Crippen LogP contribution in [-0.4, -0.2) is 15.8 Å². The normalized spacial score (nSPS) is 11.6. The number of nitrogens with zero attached hydrogens (tertiary/aromatic N) is 2. The van der Waals surface area contributed by atoms with Crippen LogP contribution in [0.1, 0.15) is 37.7 Å². The van der Waals surface area contributed by atoms with E-state index in [0.717, 1.165) is 11.9 Å². The van der Waals surface area contributed by atoms with E-state index in [4.69, 9.17) is 0 Å². The third kappa shape index (κ3) is 6.50. The van der Waals surface area contributed by atoms with Crippen LogP contribution in [0.5, 0.6) is 0 Å². The number of hydrogen-bond acceptors (Lipinski definition) is 2. The highest BCUT2D eigenvalue weighted by molar-refractivity contribution is 5.71. The van der Waals surface area contributed by atoms with Crippen molar-refractivity contribution in [2.45, 2.75) is 33.7 Å². The van der Waals surface area contributed by atoms with Crippen molar-refractivity contribution in [1.29, 1.82) is 0 Å². The summed E-state index contributed by atoms with van der Waals surface area (Å²) in [7, 11) is 0. The Labute approximate surface area is 114 Å². The highest BCUT2D eigenvalue weighted by Crippen LogP contribution is 2.09. The molecule has 1 heterocycles. The zero-order chi connectivity index (χ0) is 14.7. The molecule has 0 fully saturated rings. The molecule has 0 saturated heterocycles. The molecule has 19 heavy (non-hydrogen) atoms. The van der Waals surface area contributed by atoms with Crippen LogP contribution in [0.3, 0.4) is 0 Å². The molecule has 0 amide bonds. The van der Waals surface area contributed by atoms with Gasteiger partial charge in [0.25, 0.3) is 0 Å². The highest BCUT2D eigenvalue weighted by atomic mass is 19.1. The molecule has 0 radical (unpaired) electrons. The Balaban J connectivity index is 0.00000154. The van der Waals surface area contributed by atoms with E-state index < -0.39 is 0 Å². The number of aldehydes is 1. The number of imidazole rings is 1. The lowest BCUT2D eigenvalue weighted by atomic mass is 10.2. The van der Waals surface area contributed by atoms with Gasteiger partial charge in [-0.3, -0.25) is 4.79 Å². The maximum atomic E-state index is 12.9. The molecular weight excluding hydrogens is 243 g/mol. The minimum Gasteiger partial charge on any atom is -0.324 e. The fourth-order valence-corrected chi connectivity index (χ4v) is 1.42. The molecule has 3 nitrogen and oxygen atoms in total. The van der Waals surface area contributed by atoms with Crippen molar-refractivity contribution in [2.75, 3.05) is 0 Å². The quantitative estimate of drug-likeness (QED) is 0.440. The van der Waals surface area contributed by atoms with E-state index in [2.05, 4.69) is 11.6 Å². The van der Waals surface area contributed by atoms with E-state index in [-0.39, 0.29) is 5.83 Å². The Hall–Kier alpha value is -1.97. The summed E-state index contributed by atoms with van der Waals surface area (Å²) in [4.78, 5) is 14.6. The Kier molecular flexibility index (Phi) is 8.96. The van der Waals surface area contributed by atoms with Gasteiger partial charge in [-0.15, -0.1) is 6.58 Å². The minimum absolute atomic E-state index is 0.270. The first-order valence-electron chi connectivity index (χ1n) is 6.26. The summed E-state index contributed by atoms with van der Waals surface area (Å²) in [5.41, 5.74) is 1.26. The first-order valence-corrected chi connectivity index (χ1v) is 6.26. The number of halogens is 1. The standard InChI is InChI=1S/C13H15FN2O.C2H6/c1-3-4-5-12(6-11(2)14)8-16-10-15-7-13(16)9-17;1-2/h3,5-7,9-10H,1,4,8H2,2H3;1-2H3/b11-6+,12-5+;. The van der Waals surface area contributed by atoms with Crippen molar-refractivity contribution < 1.29 is 9.18 Å². The van der Waals surface area contributed by atoms with E-state index in [9.17, 15) is 9.18 Å². The Morgan fingerprint density at radius 2 is 2.21 bits per heavy atom. The summed E-state index contributed by atoms with van der Waals surface area (Å²) < 4.78 is 14.6. The molecule has 4 heteroatoms. The Bertz CT molecular complexity index is 454. The van der Waals surface area contributed by atoms with E-state index in [1.54, 1.807) is 17.0 Å². The van der Waals surface area contributed by atoms with E-state index in [1.807, 2.05) is 19.9 Å². The monoisotopic (exact) mass is 264 g/mol. The summed E-state index contributed by atoms with van der Waals surface area (Å²) in [6.45, 7) is 9.41. The average Bonchev–Trinajstić information content (AvgIpc) is 2.85. The van der Waals surface area contributed by atoms with Crippen LogP contribution in [0.4, 0.5) is 4.39 Å². The van der Waals surface area contributed by atoms with Crippen LogP contribution in [0.15, 0.2) is 48.7 Å². The number of aromatic nitrogens is 2. The number of carbonyl (C=O) groups excluding carboxylic acids is 1. The van der Waals surface area contributed by atoms with Gasteiger partial charge in [-0.2, -0.15) is 0 Å². The molecule has 0 bridgehead atoms. The zero-order valence-electron chi connectivity index (χ0n) is 11.8. The van der Waals surface area contributed by atoms with Crippen molar-refractivity contribution >= 4 is 6.29 Å². The van der Waals surface area contributed by atoms with Crippen LogP contribution in [-0.2, 0) is 6.54 Å². The molecule has 0 atom stereocenters. The van der Waals surface area contributed by atoms with Crippen LogP contribution in [0.2, 0.25) is 0 Å². The van der Waals surface area contributed by atoms with Gasteiger partial charge in [-0.05, 0) is 25.0 Å². The van der Waals surface area contributed by atoms with Crippen molar-refractivity contribution in [3.63, 3.8) is 0 Å². The summed E-state index contributed by atoms with van der Waals surface area (Å²) >= 11 is 0. The van der Waals surface area contributed by atoms with Crippen LogP contribution in [0, 0.1) is 0 Å². The molecule has 0 aliphatic rings. The minimum atomic E-state index is -0.270. The number of hydrogen-bond donors (Lipinski definition) is 0. The molecule has 0 aliphatic heterocycles. The molecule has 0 aliphatic carbocycles. The number of rotatable bonds is 6. The highest BCUT2D eigenvalue weighted by Gasteiger charge is 2.02. The van der Waals surface area contributed by atoms with E-state index >= 15 is 0 Å². The van der Waals surface area contributed by atoms with Gasteiger partial charge < -0.3 is 4.57 Å². The molecule has 0 N–H and O–H groups in total. The lowest BCUT2D eigenvalue weighted by molar-refractivity contribution is 0.111. The van der Waals surface area contributed by atoms with Crippen LogP contribution < -0.4 is 0 Å². The fourth-order valence-electron chi connectivity index (χ4n) is 1.42. The van der Waals surface area contributed by atoms with Crippen molar-refractivity contribution in [1.82, 2.24) is 9.55 Å². The number of allylic oxidation sites excluding steroid dienone is 5. The topological polar surface area (TPSA) is 34.9 Å². The first-order chi connectivity index (χ1) is 9.17. The fraction of sp³-hybridized carbons (Fsp3) is 0.333. The predicted octanol–water partition coefficient (Wildman–Crippen LogP) is 4.10. The average molecular weight is 264 g/mol. The smallest absolute Gasteiger partial charge is 0.168 e. The maximum absolute atomic E-state index is 12.9. The maximum Gasteiger partial charge on any atom is 0.168 e. The van der Waals surface area contributed by atoms with Crippen molar-refractivity contribution in [3.8, 4) is 0 Å². The predicted molar refractivity (Wildman–Crippen MR) is 76.7 cm³/mol. The van der Waals surface area contributed by atoms with Crippen LogP contribution >= 0.6 is 0 Å². The van der Waals surface area contributed by atoms with Gasteiger partial charge in [0.2, 0.25) is 0 Å². The molecule has 104 valence electrons. The van der Waals surface area contributed by atoms with Crippen molar-refractivity contribution in [3.05, 3.63) is 54.4 Å². The number of carbonyl (C=O) groups is 1. The lowest BCUT2D eigenvalue weighted by Gasteiger charge is -2.05. The summed E-state index contributed by atoms with van der Waals surface area (Å²) in [5.74, 6) is -0.270. The lowest BCUT2D eigenvalue weighted by Crippen LogP contribution is -2.02.